The average molecular weight is 893 g/mol. The molecule has 1 radical (unpaired) electrons. The number of carbonyl (C=O) groups is 1. The number of pyridine rings is 1. The van der Waals surface area contributed by atoms with Crippen molar-refractivity contribution in [1.29, 1.82) is 0 Å². The second-order valence-corrected chi connectivity index (χ2v) is 18.2. The number of ketones is 1. The number of hydrogen-bond donors (Lipinski definition) is 1. The predicted octanol–water partition coefficient (Wildman–Crippen LogP) is 13.6. The van der Waals surface area contributed by atoms with Gasteiger partial charge in [-0.25, -0.2) is 0 Å². The fourth-order valence-electron chi connectivity index (χ4n) is 8.04. The minimum Gasteiger partial charge on any atom is -0.512 e. The Morgan fingerprint density at radius 2 is 1.42 bits per heavy atom. The summed E-state index contributed by atoms with van der Waals surface area (Å²) >= 11 is 0. The molecule has 2 aromatic heterocycles. The van der Waals surface area contributed by atoms with Gasteiger partial charge in [0.25, 0.3) is 0 Å². The van der Waals surface area contributed by atoms with Crippen LogP contribution in [-0.4, -0.2) is 15.9 Å². The first kappa shape index (κ1) is 42.5. The SMILES string of the molecule is CCC(CC)C(=O)/C=C(\O)C(CC)CC.Cc1ccc2[c-]c3c(cc2c1)C(C)(C)c1ccc(CC(C)(C)C)c2oc4c(CC(C)(C)C)cnc-3c4c12.[Ir]. The summed E-state index contributed by atoms with van der Waals surface area (Å²) in [4.78, 5) is 16.9. The van der Waals surface area contributed by atoms with Crippen LogP contribution in [0.4, 0.5) is 0 Å². The second-order valence-electron chi connectivity index (χ2n) is 18.2. The normalized spacial score (nSPS) is 14.1. The van der Waals surface area contributed by atoms with Crippen LogP contribution in [0.1, 0.15) is 137 Å². The Labute approximate surface area is 332 Å². The number of benzene rings is 3. The van der Waals surface area contributed by atoms with Crippen LogP contribution in [0.5, 0.6) is 0 Å². The minimum atomic E-state index is -0.232. The molecular formula is C48H62IrNO3-. The average Bonchev–Trinajstić information content (AvgIpc) is 3.43. The van der Waals surface area contributed by atoms with Crippen molar-refractivity contribution < 1.29 is 34.4 Å². The van der Waals surface area contributed by atoms with Crippen molar-refractivity contribution in [2.75, 3.05) is 0 Å². The van der Waals surface area contributed by atoms with Crippen molar-refractivity contribution in [2.45, 2.75) is 134 Å². The van der Waals surface area contributed by atoms with E-state index >= 15 is 0 Å². The summed E-state index contributed by atoms with van der Waals surface area (Å²) in [5, 5.41) is 14.5. The van der Waals surface area contributed by atoms with Crippen LogP contribution in [-0.2, 0) is 43.2 Å². The zero-order chi connectivity index (χ0) is 38.3. The molecule has 0 unspecified atom stereocenters. The summed E-state index contributed by atoms with van der Waals surface area (Å²) in [6, 6.07) is 17.5. The zero-order valence-electron chi connectivity index (χ0n) is 34.6. The zero-order valence-corrected chi connectivity index (χ0v) is 37.0. The minimum absolute atomic E-state index is 0. The molecule has 1 aliphatic rings. The van der Waals surface area contributed by atoms with E-state index in [1.54, 1.807) is 0 Å². The number of aryl methyl sites for hydroxylation is 1. The third-order valence-electron chi connectivity index (χ3n) is 10.9. The summed E-state index contributed by atoms with van der Waals surface area (Å²) in [7, 11) is 0. The molecule has 4 nitrogen and oxygen atoms in total. The maximum atomic E-state index is 11.7. The summed E-state index contributed by atoms with van der Waals surface area (Å²) in [6.07, 6.45) is 8.84. The number of aromatic nitrogens is 1. The van der Waals surface area contributed by atoms with Crippen LogP contribution < -0.4 is 0 Å². The smallest absolute Gasteiger partial charge is 0.162 e. The van der Waals surface area contributed by atoms with E-state index < -0.39 is 0 Å². The molecular weight excluding hydrogens is 831 g/mol. The van der Waals surface area contributed by atoms with E-state index in [9.17, 15) is 9.90 Å². The molecule has 0 atom stereocenters. The summed E-state index contributed by atoms with van der Waals surface area (Å²) in [5.41, 5.74) is 10.5. The van der Waals surface area contributed by atoms with Crippen molar-refractivity contribution in [2.24, 2.45) is 22.7 Å². The maximum absolute atomic E-state index is 11.7. The second kappa shape index (κ2) is 16.2. The Bertz CT molecular complexity index is 2130. The third kappa shape index (κ3) is 8.84. The van der Waals surface area contributed by atoms with Gasteiger partial charge in [0.2, 0.25) is 0 Å². The molecule has 3 aromatic carbocycles. The van der Waals surface area contributed by atoms with Gasteiger partial charge in [0.05, 0.1) is 5.76 Å². The first-order chi connectivity index (χ1) is 24.3. The van der Waals surface area contributed by atoms with Crippen LogP contribution in [0, 0.1) is 35.7 Å². The molecule has 5 aromatic rings. The number of aliphatic hydroxyl groups excluding tert-OH is 1. The van der Waals surface area contributed by atoms with Crippen LogP contribution in [0.2, 0.25) is 0 Å². The van der Waals surface area contributed by atoms with Crippen molar-refractivity contribution in [3.63, 3.8) is 0 Å². The molecule has 0 bridgehead atoms. The Morgan fingerprint density at radius 1 is 0.830 bits per heavy atom. The van der Waals surface area contributed by atoms with Gasteiger partial charge in [0, 0.05) is 66.2 Å². The van der Waals surface area contributed by atoms with Gasteiger partial charge in [-0.05, 0) is 72.8 Å². The summed E-state index contributed by atoms with van der Waals surface area (Å²) in [5.74, 6) is 0.547. The monoisotopic (exact) mass is 893 g/mol. The van der Waals surface area contributed by atoms with E-state index in [1.165, 1.54) is 44.7 Å². The molecule has 53 heavy (non-hydrogen) atoms. The summed E-state index contributed by atoms with van der Waals surface area (Å²) < 4.78 is 6.92. The Balaban J connectivity index is 0.000000335. The Morgan fingerprint density at radius 3 is 2.00 bits per heavy atom. The maximum Gasteiger partial charge on any atom is 0.162 e. The Hall–Kier alpha value is -3.27. The molecule has 5 heteroatoms. The molecule has 0 amide bonds. The molecule has 1 N–H and O–H groups in total. The van der Waals surface area contributed by atoms with Crippen LogP contribution >= 0.6 is 0 Å². The molecule has 0 saturated carbocycles. The number of aliphatic hydroxyl groups is 1. The van der Waals surface area contributed by atoms with Crippen molar-refractivity contribution in [3.8, 4) is 11.3 Å². The van der Waals surface area contributed by atoms with Crippen molar-refractivity contribution in [3.05, 3.63) is 88.3 Å². The Kier molecular flexibility index (Phi) is 13.0. The number of hydrogen-bond acceptors (Lipinski definition) is 4. The van der Waals surface area contributed by atoms with E-state index in [0.29, 0.717) is 0 Å². The van der Waals surface area contributed by atoms with Gasteiger partial charge in [-0.3, -0.25) is 9.78 Å². The van der Waals surface area contributed by atoms with E-state index in [1.807, 2.05) is 27.7 Å². The van der Waals surface area contributed by atoms with Gasteiger partial charge in [-0.2, -0.15) is 0 Å². The fraction of sp³-hybridized carbons (Fsp3) is 0.500. The molecule has 2 heterocycles. The molecule has 6 rings (SSSR count). The van der Waals surface area contributed by atoms with Gasteiger partial charge in [-0.15, -0.1) is 23.6 Å². The van der Waals surface area contributed by atoms with Crippen molar-refractivity contribution >= 4 is 38.5 Å². The van der Waals surface area contributed by atoms with E-state index in [0.717, 1.165) is 71.7 Å². The van der Waals surface area contributed by atoms with E-state index in [-0.39, 0.29) is 59.7 Å². The van der Waals surface area contributed by atoms with Gasteiger partial charge in [0.1, 0.15) is 11.2 Å². The molecule has 0 saturated heterocycles. The van der Waals surface area contributed by atoms with Gasteiger partial charge < -0.3 is 9.52 Å². The van der Waals surface area contributed by atoms with E-state index in [4.69, 9.17) is 9.40 Å². The topological polar surface area (TPSA) is 63.3 Å². The van der Waals surface area contributed by atoms with Crippen LogP contribution in [0.3, 0.4) is 0 Å². The number of rotatable bonds is 9. The molecule has 0 aliphatic heterocycles. The molecule has 287 valence electrons. The number of carbonyl (C=O) groups excluding carboxylic acids is 1. The first-order valence-corrected chi connectivity index (χ1v) is 19.6. The third-order valence-corrected chi connectivity index (χ3v) is 10.9. The largest absolute Gasteiger partial charge is 0.512 e. The first-order valence-electron chi connectivity index (χ1n) is 19.6. The van der Waals surface area contributed by atoms with Gasteiger partial charge in [0.15, 0.2) is 5.78 Å². The van der Waals surface area contributed by atoms with Crippen LogP contribution in [0.15, 0.2) is 58.8 Å². The quantitative estimate of drug-likeness (QED) is 0.0910. The predicted molar refractivity (Wildman–Crippen MR) is 220 cm³/mol. The summed E-state index contributed by atoms with van der Waals surface area (Å²) in [6.45, 7) is 28.7. The molecule has 0 fully saturated rings. The van der Waals surface area contributed by atoms with Gasteiger partial charge in [-0.1, -0.05) is 129 Å². The fourth-order valence-corrected chi connectivity index (χ4v) is 8.04. The molecule has 1 aliphatic carbocycles. The standard InChI is InChI=1S/C35H38NO.C13H24O2.Ir/c1-20-10-11-21-15-25-27(16-23(21)14-20)35(8,9)26-13-12-22(17-33(2,3)4)31-28(26)29-30(25)36-19-24(32(29)37-31)18-34(5,6)7;1-5-10(6-2)12(14)9-13(15)11(7-3)8-4;/h10-14,16,19H,17-18H2,1-9H3;9-11,14H,5-8H2,1-4H3;/q-1;;/b;12-9-;. The number of nitrogens with zero attached hydrogens (tertiary/aromatic N) is 1. The number of furan rings is 1. The van der Waals surface area contributed by atoms with E-state index in [2.05, 4.69) is 111 Å². The van der Waals surface area contributed by atoms with Crippen LogP contribution in [0.25, 0.3) is 44.0 Å². The molecule has 0 spiro atoms. The number of allylic oxidation sites excluding steroid dienone is 2. The van der Waals surface area contributed by atoms with Crippen molar-refractivity contribution in [1.82, 2.24) is 4.98 Å². The number of fused-ring (bicyclic) bond motifs is 3. The van der Waals surface area contributed by atoms with Gasteiger partial charge >= 0.3 is 0 Å².